The summed E-state index contributed by atoms with van der Waals surface area (Å²) in [5.41, 5.74) is 1.15. The zero-order valence-corrected chi connectivity index (χ0v) is 11.3. The fraction of sp³-hybridized carbons (Fsp3) is 0.692. The Balaban J connectivity index is 2.38. The van der Waals surface area contributed by atoms with Gasteiger partial charge in [-0.2, -0.15) is 13.2 Å². The van der Waals surface area contributed by atoms with Gasteiger partial charge >= 0.3 is 6.18 Å². The lowest BCUT2D eigenvalue weighted by atomic mass is 10.1. The molecule has 0 fully saturated rings. The van der Waals surface area contributed by atoms with Crippen LogP contribution in [0.15, 0.2) is 18.5 Å². The monoisotopic (exact) mass is 278 g/mol. The molecule has 6 heteroatoms. The van der Waals surface area contributed by atoms with Gasteiger partial charge in [0.25, 0.3) is 0 Å². The second-order valence-corrected chi connectivity index (χ2v) is 4.37. The Hall–Kier alpha value is -1.01. The summed E-state index contributed by atoms with van der Waals surface area (Å²) in [6.45, 7) is 4.33. The minimum Gasteiger partial charge on any atom is -0.370 e. The van der Waals surface area contributed by atoms with Crippen molar-refractivity contribution in [1.82, 2.24) is 9.88 Å². The van der Waals surface area contributed by atoms with Crippen molar-refractivity contribution in [2.24, 2.45) is 0 Å². The lowest BCUT2D eigenvalue weighted by molar-refractivity contribution is -0.174. The Labute approximate surface area is 111 Å². The van der Waals surface area contributed by atoms with Gasteiger partial charge in [0.1, 0.15) is 6.61 Å². The average molecular weight is 278 g/mol. The third-order valence-electron chi connectivity index (χ3n) is 2.79. The number of rotatable bonds is 8. The molecule has 0 saturated heterocycles. The smallest absolute Gasteiger partial charge is 0.370 e. The molecule has 1 aromatic rings. The van der Waals surface area contributed by atoms with Crippen LogP contribution in [0.1, 0.15) is 31.9 Å². The van der Waals surface area contributed by atoms with Gasteiger partial charge in [0, 0.05) is 25.0 Å². The highest BCUT2D eigenvalue weighted by molar-refractivity contribution is 5.15. The Morgan fingerprint density at radius 2 is 2.11 bits per heavy atom. The van der Waals surface area contributed by atoms with Crippen molar-refractivity contribution >= 4 is 0 Å². The van der Waals surface area contributed by atoms with Gasteiger partial charge < -0.3 is 14.6 Å². The Kier molecular flexibility index (Phi) is 6.37. The summed E-state index contributed by atoms with van der Waals surface area (Å²) >= 11 is 0. The number of alkyl halides is 3. The van der Waals surface area contributed by atoms with Crippen LogP contribution in [0, 0.1) is 0 Å². The average Bonchev–Trinajstić information content (AvgIpc) is 2.79. The molecule has 1 unspecified atom stereocenters. The highest BCUT2D eigenvalue weighted by Crippen LogP contribution is 2.17. The number of nitrogens with one attached hydrogen (secondary N) is 1. The largest absolute Gasteiger partial charge is 0.411 e. The van der Waals surface area contributed by atoms with E-state index >= 15 is 0 Å². The zero-order chi connectivity index (χ0) is 14.3. The van der Waals surface area contributed by atoms with Gasteiger partial charge in [0.05, 0.1) is 6.61 Å². The summed E-state index contributed by atoms with van der Waals surface area (Å²) in [6, 6.07) is 2.28. The van der Waals surface area contributed by atoms with Crippen molar-refractivity contribution in [1.29, 1.82) is 0 Å². The molecular weight excluding hydrogens is 257 g/mol. The van der Waals surface area contributed by atoms with Crippen LogP contribution >= 0.6 is 0 Å². The van der Waals surface area contributed by atoms with Crippen molar-refractivity contribution in [2.75, 3.05) is 19.8 Å². The second-order valence-electron chi connectivity index (χ2n) is 4.37. The maximum Gasteiger partial charge on any atom is 0.411 e. The predicted molar refractivity (Wildman–Crippen MR) is 68.0 cm³/mol. The first-order valence-corrected chi connectivity index (χ1v) is 6.49. The molecule has 1 rings (SSSR count). The van der Waals surface area contributed by atoms with Crippen molar-refractivity contribution in [3.8, 4) is 0 Å². The van der Waals surface area contributed by atoms with Gasteiger partial charge in [-0.3, -0.25) is 0 Å². The molecule has 0 amide bonds. The van der Waals surface area contributed by atoms with E-state index < -0.39 is 12.8 Å². The number of nitrogens with zero attached hydrogens (tertiary/aromatic N) is 1. The highest BCUT2D eigenvalue weighted by atomic mass is 19.4. The quantitative estimate of drug-likeness (QED) is 0.739. The van der Waals surface area contributed by atoms with Crippen LogP contribution in [-0.2, 0) is 11.3 Å². The van der Waals surface area contributed by atoms with Gasteiger partial charge in [-0.1, -0.05) is 13.8 Å². The molecule has 0 radical (unpaired) electrons. The molecule has 0 saturated carbocycles. The summed E-state index contributed by atoms with van der Waals surface area (Å²) in [6.07, 6.45) is 0.544. The van der Waals surface area contributed by atoms with Crippen molar-refractivity contribution in [3.05, 3.63) is 24.0 Å². The standard InChI is InChI=1S/C13H21F3N2O/c1-3-12(17-4-2)11-5-6-18(9-11)7-8-19-10-13(14,15)16/h5-6,9,12,17H,3-4,7-8,10H2,1-2H3. The molecule has 110 valence electrons. The lowest BCUT2D eigenvalue weighted by Gasteiger charge is -2.14. The first-order valence-electron chi connectivity index (χ1n) is 6.49. The molecule has 1 N–H and O–H groups in total. The SMILES string of the molecule is CCNC(CC)c1ccn(CCOCC(F)(F)F)c1. The van der Waals surface area contributed by atoms with Crippen molar-refractivity contribution in [3.63, 3.8) is 0 Å². The molecule has 0 spiro atoms. The van der Waals surface area contributed by atoms with Crippen LogP contribution in [0.2, 0.25) is 0 Å². The maximum atomic E-state index is 11.9. The fourth-order valence-electron chi connectivity index (χ4n) is 1.91. The van der Waals surface area contributed by atoms with Crippen LogP contribution < -0.4 is 5.32 Å². The van der Waals surface area contributed by atoms with Crippen molar-refractivity contribution in [2.45, 2.75) is 39.0 Å². The van der Waals surface area contributed by atoms with E-state index in [4.69, 9.17) is 0 Å². The topological polar surface area (TPSA) is 26.2 Å². The van der Waals surface area contributed by atoms with Gasteiger partial charge in [0.15, 0.2) is 0 Å². The number of halogens is 3. The molecular formula is C13H21F3N2O. The van der Waals surface area contributed by atoms with Crippen LogP contribution in [0.25, 0.3) is 0 Å². The molecule has 1 heterocycles. The third kappa shape index (κ3) is 6.11. The molecule has 1 aromatic heterocycles. The van der Waals surface area contributed by atoms with E-state index in [-0.39, 0.29) is 6.61 Å². The molecule has 0 aliphatic carbocycles. The van der Waals surface area contributed by atoms with Crippen LogP contribution in [-0.4, -0.2) is 30.5 Å². The molecule has 0 aliphatic heterocycles. The van der Waals surface area contributed by atoms with E-state index in [1.165, 1.54) is 0 Å². The highest BCUT2D eigenvalue weighted by Gasteiger charge is 2.27. The van der Waals surface area contributed by atoms with Crippen LogP contribution in [0.5, 0.6) is 0 Å². The molecule has 1 atom stereocenters. The fourth-order valence-corrected chi connectivity index (χ4v) is 1.91. The van der Waals surface area contributed by atoms with E-state index in [1.54, 1.807) is 0 Å². The Bertz CT molecular complexity index is 363. The van der Waals surface area contributed by atoms with E-state index in [9.17, 15) is 13.2 Å². The molecule has 0 aromatic carbocycles. The van der Waals surface area contributed by atoms with Crippen LogP contribution in [0.4, 0.5) is 13.2 Å². The van der Waals surface area contributed by atoms with E-state index in [2.05, 4.69) is 17.0 Å². The molecule has 3 nitrogen and oxygen atoms in total. The normalized spacial score (nSPS) is 13.7. The predicted octanol–water partition coefficient (Wildman–Crippen LogP) is 3.13. The number of ether oxygens (including phenoxy) is 1. The molecule has 19 heavy (non-hydrogen) atoms. The van der Waals surface area contributed by atoms with Crippen molar-refractivity contribution < 1.29 is 17.9 Å². The second kappa shape index (κ2) is 7.55. The maximum absolute atomic E-state index is 11.9. The van der Waals surface area contributed by atoms with Gasteiger partial charge in [-0.05, 0) is 24.6 Å². The van der Waals surface area contributed by atoms with Gasteiger partial charge in [-0.25, -0.2) is 0 Å². The first kappa shape index (κ1) is 16.0. The Morgan fingerprint density at radius 1 is 1.37 bits per heavy atom. The first-order chi connectivity index (χ1) is 8.96. The van der Waals surface area contributed by atoms with Gasteiger partial charge in [-0.15, -0.1) is 0 Å². The summed E-state index contributed by atoms with van der Waals surface area (Å²) in [5, 5.41) is 3.36. The summed E-state index contributed by atoms with van der Waals surface area (Å²) in [4.78, 5) is 0. The van der Waals surface area contributed by atoms with Gasteiger partial charge in [0.2, 0.25) is 0 Å². The zero-order valence-electron chi connectivity index (χ0n) is 11.3. The van der Waals surface area contributed by atoms with E-state index in [0.717, 1.165) is 18.5 Å². The minimum atomic E-state index is -4.25. The third-order valence-corrected chi connectivity index (χ3v) is 2.79. The van der Waals surface area contributed by atoms with E-state index in [1.807, 2.05) is 30.0 Å². The number of hydrogen-bond donors (Lipinski definition) is 1. The number of hydrogen-bond acceptors (Lipinski definition) is 2. The molecule has 0 bridgehead atoms. The Morgan fingerprint density at radius 3 is 2.68 bits per heavy atom. The summed E-state index contributed by atoms with van der Waals surface area (Å²) < 4.78 is 42.1. The van der Waals surface area contributed by atoms with E-state index in [0.29, 0.717) is 12.6 Å². The molecule has 0 aliphatic rings. The lowest BCUT2D eigenvalue weighted by Crippen LogP contribution is -2.20. The number of aromatic nitrogens is 1. The summed E-state index contributed by atoms with van der Waals surface area (Å²) in [5.74, 6) is 0. The summed E-state index contributed by atoms with van der Waals surface area (Å²) in [7, 11) is 0. The minimum absolute atomic E-state index is 0.0611. The van der Waals surface area contributed by atoms with Crippen LogP contribution in [0.3, 0.4) is 0 Å².